The number of piperidine rings is 1. The third kappa shape index (κ3) is 2.46. The lowest BCUT2D eigenvalue weighted by Gasteiger charge is -2.33. The summed E-state index contributed by atoms with van der Waals surface area (Å²) in [7, 11) is 0. The number of nitrogens with zero attached hydrogens (tertiary/aromatic N) is 1. The second-order valence-corrected chi connectivity index (χ2v) is 3.75. The molecule has 11 heavy (non-hydrogen) atoms. The van der Waals surface area contributed by atoms with E-state index in [4.69, 9.17) is 0 Å². The number of hydrogen-bond acceptors (Lipinski definition) is 2. The van der Waals surface area contributed by atoms with Crippen molar-refractivity contribution in [3.8, 4) is 0 Å². The number of aliphatic hydroxyl groups excluding tert-OH is 1. The normalized spacial score (nSPS) is 24.0. The molecule has 1 heterocycles. The number of aliphatic hydroxyl groups is 1. The Kier molecular flexibility index (Phi) is 3.34. The van der Waals surface area contributed by atoms with Crippen LogP contribution in [-0.2, 0) is 0 Å². The van der Waals surface area contributed by atoms with Gasteiger partial charge in [-0.2, -0.15) is 0 Å². The van der Waals surface area contributed by atoms with E-state index in [0.29, 0.717) is 5.92 Å². The predicted molar refractivity (Wildman–Crippen MR) is 46.3 cm³/mol. The summed E-state index contributed by atoms with van der Waals surface area (Å²) >= 11 is 0. The quantitative estimate of drug-likeness (QED) is 0.655. The molecule has 1 atom stereocenters. The molecule has 1 fully saturated rings. The lowest BCUT2D eigenvalue weighted by atomic mass is 10.1. The van der Waals surface area contributed by atoms with Gasteiger partial charge in [0.25, 0.3) is 0 Å². The van der Waals surface area contributed by atoms with Crippen LogP contribution in [0.5, 0.6) is 0 Å². The average Bonchev–Trinajstić information content (AvgIpc) is 2.05. The molecule has 2 nitrogen and oxygen atoms in total. The molecule has 0 aromatic heterocycles. The van der Waals surface area contributed by atoms with Gasteiger partial charge in [-0.3, -0.25) is 4.90 Å². The van der Waals surface area contributed by atoms with E-state index in [1.807, 2.05) is 0 Å². The average molecular weight is 157 g/mol. The minimum atomic E-state index is -0.213. The fourth-order valence-electron chi connectivity index (χ4n) is 1.60. The summed E-state index contributed by atoms with van der Waals surface area (Å²) in [4.78, 5) is 2.19. The van der Waals surface area contributed by atoms with Gasteiger partial charge in [-0.25, -0.2) is 0 Å². The van der Waals surface area contributed by atoms with Crippen LogP contribution in [0, 0.1) is 5.92 Å². The van der Waals surface area contributed by atoms with Crippen LogP contribution in [0.15, 0.2) is 0 Å². The van der Waals surface area contributed by atoms with Crippen LogP contribution in [0.25, 0.3) is 0 Å². The van der Waals surface area contributed by atoms with Crippen molar-refractivity contribution in [3.63, 3.8) is 0 Å². The van der Waals surface area contributed by atoms with Crippen LogP contribution in [0.3, 0.4) is 0 Å². The van der Waals surface area contributed by atoms with Gasteiger partial charge >= 0.3 is 0 Å². The maximum atomic E-state index is 9.68. The number of hydrogen-bond donors (Lipinski definition) is 1. The fraction of sp³-hybridized carbons (Fsp3) is 1.00. The van der Waals surface area contributed by atoms with Crippen LogP contribution in [-0.4, -0.2) is 29.3 Å². The highest BCUT2D eigenvalue weighted by molar-refractivity contribution is 4.69. The van der Waals surface area contributed by atoms with E-state index < -0.39 is 0 Å². The summed E-state index contributed by atoms with van der Waals surface area (Å²) < 4.78 is 0. The zero-order chi connectivity index (χ0) is 8.27. The highest BCUT2D eigenvalue weighted by Gasteiger charge is 2.20. The van der Waals surface area contributed by atoms with E-state index in [1.54, 1.807) is 0 Å². The Morgan fingerprint density at radius 3 is 2.09 bits per heavy atom. The van der Waals surface area contributed by atoms with Gasteiger partial charge in [-0.15, -0.1) is 0 Å². The highest BCUT2D eigenvalue weighted by atomic mass is 16.3. The molecule has 0 saturated carbocycles. The van der Waals surface area contributed by atoms with Gasteiger partial charge in [0.2, 0.25) is 0 Å². The van der Waals surface area contributed by atoms with Crippen molar-refractivity contribution in [2.24, 2.45) is 5.92 Å². The van der Waals surface area contributed by atoms with Crippen molar-refractivity contribution in [1.29, 1.82) is 0 Å². The van der Waals surface area contributed by atoms with Crippen molar-refractivity contribution in [2.75, 3.05) is 13.1 Å². The first-order valence-electron chi connectivity index (χ1n) is 4.64. The molecule has 1 rings (SSSR count). The van der Waals surface area contributed by atoms with Gasteiger partial charge in [-0.1, -0.05) is 20.3 Å². The first kappa shape index (κ1) is 9.01. The molecule has 0 bridgehead atoms. The molecule has 1 saturated heterocycles. The lowest BCUT2D eigenvalue weighted by Crippen LogP contribution is -2.41. The molecule has 1 N–H and O–H groups in total. The molecular formula is C9H19NO. The van der Waals surface area contributed by atoms with Crippen LogP contribution >= 0.6 is 0 Å². The largest absolute Gasteiger partial charge is 0.378 e. The third-order valence-corrected chi connectivity index (χ3v) is 2.36. The molecule has 1 unspecified atom stereocenters. The third-order valence-electron chi connectivity index (χ3n) is 2.36. The SMILES string of the molecule is CC(C)C(O)N1CCCCC1. The topological polar surface area (TPSA) is 23.5 Å². The number of likely N-dealkylation sites (tertiary alicyclic amines) is 1. The fourth-order valence-corrected chi connectivity index (χ4v) is 1.60. The molecule has 1 aliphatic rings. The Hall–Kier alpha value is -0.0800. The molecule has 0 amide bonds. The molecule has 0 aromatic carbocycles. The van der Waals surface area contributed by atoms with Crippen molar-refractivity contribution in [2.45, 2.75) is 39.3 Å². The second-order valence-electron chi connectivity index (χ2n) is 3.75. The van der Waals surface area contributed by atoms with Crippen LogP contribution in [0.4, 0.5) is 0 Å². The lowest BCUT2D eigenvalue weighted by molar-refractivity contribution is -0.0390. The maximum Gasteiger partial charge on any atom is 0.109 e. The van der Waals surface area contributed by atoms with Gasteiger partial charge in [0.15, 0.2) is 0 Å². The van der Waals surface area contributed by atoms with Crippen LogP contribution in [0.1, 0.15) is 33.1 Å². The van der Waals surface area contributed by atoms with E-state index in [-0.39, 0.29) is 6.23 Å². The first-order chi connectivity index (χ1) is 5.22. The molecular weight excluding hydrogens is 138 g/mol. The summed E-state index contributed by atoms with van der Waals surface area (Å²) in [5.74, 6) is 0.369. The Bertz CT molecular complexity index is 108. The molecule has 0 radical (unpaired) electrons. The maximum absolute atomic E-state index is 9.68. The Balaban J connectivity index is 2.32. The van der Waals surface area contributed by atoms with Crippen LogP contribution in [0.2, 0.25) is 0 Å². The summed E-state index contributed by atoms with van der Waals surface area (Å²) in [6.45, 7) is 6.30. The highest BCUT2D eigenvalue weighted by Crippen LogP contribution is 2.14. The molecule has 66 valence electrons. The van der Waals surface area contributed by atoms with Gasteiger partial charge in [0.05, 0.1) is 0 Å². The van der Waals surface area contributed by atoms with Crippen molar-refractivity contribution < 1.29 is 5.11 Å². The smallest absolute Gasteiger partial charge is 0.109 e. The van der Waals surface area contributed by atoms with Crippen LogP contribution < -0.4 is 0 Å². The monoisotopic (exact) mass is 157 g/mol. The summed E-state index contributed by atoms with van der Waals surface area (Å²) in [5, 5.41) is 9.68. The summed E-state index contributed by atoms with van der Waals surface area (Å²) in [6, 6.07) is 0. The van der Waals surface area contributed by atoms with Crippen molar-refractivity contribution in [1.82, 2.24) is 4.90 Å². The molecule has 2 heteroatoms. The zero-order valence-corrected chi connectivity index (χ0v) is 7.58. The molecule has 0 aliphatic carbocycles. The van der Waals surface area contributed by atoms with E-state index in [1.165, 1.54) is 19.3 Å². The van der Waals surface area contributed by atoms with E-state index >= 15 is 0 Å². The van der Waals surface area contributed by atoms with Crippen molar-refractivity contribution in [3.05, 3.63) is 0 Å². The van der Waals surface area contributed by atoms with Gasteiger partial charge in [0.1, 0.15) is 6.23 Å². The van der Waals surface area contributed by atoms with Gasteiger partial charge < -0.3 is 5.11 Å². The number of rotatable bonds is 2. The first-order valence-corrected chi connectivity index (χ1v) is 4.64. The Labute approximate surface area is 69.2 Å². The summed E-state index contributed by atoms with van der Waals surface area (Å²) in [6.07, 6.45) is 3.63. The second kappa shape index (κ2) is 4.07. The van der Waals surface area contributed by atoms with E-state index in [2.05, 4.69) is 18.7 Å². The predicted octanol–water partition coefficient (Wildman–Crippen LogP) is 1.45. The van der Waals surface area contributed by atoms with Gasteiger partial charge in [0, 0.05) is 13.1 Å². The van der Waals surface area contributed by atoms with E-state index in [9.17, 15) is 5.11 Å². The van der Waals surface area contributed by atoms with Crippen molar-refractivity contribution >= 4 is 0 Å². The minimum absolute atomic E-state index is 0.213. The van der Waals surface area contributed by atoms with E-state index in [0.717, 1.165) is 13.1 Å². The van der Waals surface area contributed by atoms with Gasteiger partial charge in [-0.05, 0) is 18.8 Å². The summed E-state index contributed by atoms with van der Waals surface area (Å²) in [5.41, 5.74) is 0. The standard InChI is InChI=1S/C9H19NO/c1-8(2)9(11)10-6-4-3-5-7-10/h8-9,11H,3-7H2,1-2H3. The molecule has 1 aliphatic heterocycles. The molecule has 0 aromatic rings. The Morgan fingerprint density at radius 1 is 1.09 bits per heavy atom. The zero-order valence-electron chi connectivity index (χ0n) is 7.58. The Morgan fingerprint density at radius 2 is 1.64 bits per heavy atom. The molecule has 0 spiro atoms. The minimum Gasteiger partial charge on any atom is -0.378 e.